The fourth-order valence-corrected chi connectivity index (χ4v) is 4.19. The van der Waals surface area contributed by atoms with Crippen molar-refractivity contribution in [2.24, 2.45) is 0 Å². The van der Waals surface area contributed by atoms with Crippen molar-refractivity contribution >= 4 is 0 Å². The molecular weight excluding hydrogens is 352 g/mol. The predicted octanol–water partition coefficient (Wildman–Crippen LogP) is 4.71. The van der Waals surface area contributed by atoms with Crippen molar-refractivity contribution in [3.8, 4) is 22.6 Å². The van der Waals surface area contributed by atoms with Crippen molar-refractivity contribution in [1.29, 1.82) is 0 Å². The van der Waals surface area contributed by atoms with Gasteiger partial charge in [0.1, 0.15) is 6.10 Å². The topological polar surface area (TPSA) is 40.2 Å². The van der Waals surface area contributed by atoms with Crippen LogP contribution in [-0.4, -0.2) is 39.1 Å². The summed E-state index contributed by atoms with van der Waals surface area (Å²) >= 11 is 0. The zero-order valence-corrected chi connectivity index (χ0v) is 17.2. The lowest BCUT2D eigenvalue weighted by Gasteiger charge is -2.22. The number of hydrogen-bond acceptors (Lipinski definition) is 4. The van der Waals surface area contributed by atoms with E-state index in [1.54, 1.807) is 0 Å². The maximum atomic E-state index is 6.11. The third-order valence-corrected chi connectivity index (χ3v) is 5.53. The normalized spacial score (nSPS) is 16.6. The molecule has 4 nitrogen and oxygen atoms in total. The molecule has 1 fully saturated rings. The van der Waals surface area contributed by atoms with Crippen molar-refractivity contribution in [2.45, 2.75) is 46.1 Å². The standard InChI is InChI=1S/C24H30O4/c1-4-26-23-16(3)19(11-8-12-25-14-18-15-28-18)22-20-10-7-6-9-17(20)13-21(22)24(23)27-5-2/h6-7,9-10,18H,4-5,8,11-15H2,1-3H3. The van der Waals surface area contributed by atoms with Crippen LogP contribution >= 0.6 is 0 Å². The van der Waals surface area contributed by atoms with Crippen molar-refractivity contribution < 1.29 is 18.9 Å². The van der Waals surface area contributed by atoms with Crippen molar-refractivity contribution in [3.05, 3.63) is 46.5 Å². The van der Waals surface area contributed by atoms with E-state index in [1.807, 2.05) is 13.8 Å². The second-order valence-electron chi connectivity index (χ2n) is 7.45. The van der Waals surface area contributed by atoms with Crippen molar-refractivity contribution in [2.75, 3.05) is 33.0 Å². The van der Waals surface area contributed by atoms with Gasteiger partial charge in [-0.25, -0.2) is 0 Å². The van der Waals surface area contributed by atoms with E-state index in [2.05, 4.69) is 31.2 Å². The number of hydrogen-bond donors (Lipinski definition) is 0. The van der Waals surface area contributed by atoms with Gasteiger partial charge in [0.25, 0.3) is 0 Å². The lowest BCUT2D eigenvalue weighted by Crippen LogP contribution is -2.08. The smallest absolute Gasteiger partial charge is 0.165 e. The van der Waals surface area contributed by atoms with Crippen LogP contribution in [0.3, 0.4) is 0 Å². The third-order valence-electron chi connectivity index (χ3n) is 5.53. The zero-order chi connectivity index (χ0) is 19.5. The Bertz CT molecular complexity index is 839. The van der Waals surface area contributed by atoms with Crippen LogP contribution in [0.25, 0.3) is 11.1 Å². The lowest BCUT2D eigenvalue weighted by molar-refractivity contribution is 0.114. The first-order valence-electron chi connectivity index (χ1n) is 10.5. The highest BCUT2D eigenvalue weighted by molar-refractivity contribution is 5.85. The molecule has 1 aliphatic carbocycles. The average Bonchev–Trinajstić information content (AvgIpc) is 3.45. The highest BCUT2D eigenvalue weighted by Crippen LogP contribution is 2.50. The largest absolute Gasteiger partial charge is 0.490 e. The first kappa shape index (κ1) is 19.3. The summed E-state index contributed by atoms with van der Waals surface area (Å²) in [5, 5.41) is 0. The molecule has 1 saturated heterocycles. The van der Waals surface area contributed by atoms with E-state index in [0.717, 1.165) is 44.0 Å². The second kappa shape index (κ2) is 8.54. The van der Waals surface area contributed by atoms with Crippen LogP contribution in [-0.2, 0) is 22.3 Å². The minimum Gasteiger partial charge on any atom is -0.490 e. The molecule has 0 amide bonds. The third kappa shape index (κ3) is 3.76. The van der Waals surface area contributed by atoms with Crippen molar-refractivity contribution in [1.82, 2.24) is 0 Å². The summed E-state index contributed by atoms with van der Waals surface area (Å²) in [7, 11) is 0. The first-order chi connectivity index (χ1) is 13.7. The molecule has 1 unspecified atom stereocenters. The molecule has 0 bridgehead atoms. The Kier molecular flexibility index (Phi) is 5.88. The van der Waals surface area contributed by atoms with Crippen LogP contribution in [0.1, 0.15) is 42.5 Å². The van der Waals surface area contributed by atoms with Gasteiger partial charge < -0.3 is 18.9 Å². The summed E-state index contributed by atoms with van der Waals surface area (Å²) in [5.74, 6) is 1.84. The number of benzene rings is 2. The average molecular weight is 383 g/mol. The Labute approximate surface area is 167 Å². The van der Waals surface area contributed by atoms with E-state index in [4.69, 9.17) is 18.9 Å². The summed E-state index contributed by atoms with van der Waals surface area (Å²) in [4.78, 5) is 0. The number of fused-ring (bicyclic) bond motifs is 3. The van der Waals surface area contributed by atoms with Crippen LogP contribution < -0.4 is 9.47 Å². The van der Waals surface area contributed by atoms with Gasteiger partial charge in [0.15, 0.2) is 11.5 Å². The maximum absolute atomic E-state index is 6.11. The summed E-state index contributed by atoms with van der Waals surface area (Å²) in [6.07, 6.45) is 3.19. The maximum Gasteiger partial charge on any atom is 0.165 e. The van der Waals surface area contributed by atoms with Gasteiger partial charge in [0.05, 0.1) is 26.4 Å². The molecule has 4 rings (SSSR count). The second-order valence-corrected chi connectivity index (χ2v) is 7.45. The molecule has 0 saturated carbocycles. The quantitative estimate of drug-likeness (QED) is 0.376. The molecule has 1 heterocycles. The van der Waals surface area contributed by atoms with Gasteiger partial charge in [-0.05, 0) is 61.4 Å². The van der Waals surface area contributed by atoms with E-state index >= 15 is 0 Å². The number of epoxide rings is 1. The monoisotopic (exact) mass is 382 g/mol. The van der Waals surface area contributed by atoms with Crippen molar-refractivity contribution in [3.63, 3.8) is 0 Å². The van der Waals surface area contributed by atoms with Crippen LogP contribution in [0.5, 0.6) is 11.5 Å². The Morgan fingerprint density at radius 1 is 1.07 bits per heavy atom. The predicted molar refractivity (Wildman–Crippen MR) is 111 cm³/mol. The molecule has 1 atom stereocenters. The number of rotatable bonds is 10. The minimum absolute atomic E-state index is 0.327. The summed E-state index contributed by atoms with van der Waals surface area (Å²) in [5.41, 5.74) is 7.91. The van der Waals surface area contributed by atoms with E-state index in [9.17, 15) is 0 Å². The zero-order valence-electron chi connectivity index (χ0n) is 17.2. The fraction of sp³-hybridized carbons (Fsp3) is 0.500. The van der Waals surface area contributed by atoms with Crippen LogP contribution in [0.4, 0.5) is 0 Å². The van der Waals surface area contributed by atoms with E-state index in [0.29, 0.717) is 25.9 Å². The highest BCUT2D eigenvalue weighted by atomic mass is 16.6. The SMILES string of the molecule is CCOc1c(C)c(CCCOCC2CO2)c2c(c1OCC)Cc1ccccc1-2. The Balaban J connectivity index is 1.69. The van der Waals surface area contributed by atoms with Gasteiger partial charge in [0.2, 0.25) is 0 Å². The van der Waals surface area contributed by atoms with Gasteiger partial charge in [-0.2, -0.15) is 0 Å². The molecule has 2 aromatic rings. The molecule has 28 heavy (non-hydrogen) atoms. The van der Waals surface area contributed by atoms with Crippen LogP contribution in [0.2, 0.25) is 0 Å². The summed E-state index contributed by atoms with van der Waals surface area (Å²) < 4.78 is 23.2. The Morgan fingerprint density at radius 3 is 2.57 bits per heavy atom. The fourth-order valence-electron chi connectivity index (χ4n) is 4.19. The first-order valence-corrected chi connectivity index (χ1v) is 10.5. The molecule has 4 heteroatoms. The van der Waals surface area contributed by atoms with Crippen LogP contribution in [0.15, 0.2) is 24.3 Å². The molecule has 2 aliphatic rings. The molecule has 2 aromatic carbocycles. The Hall–Kier alpha value is -2.04. The molecule has 0 radical (unpaired) electrons. The van der Waals surface area contributed by atoms with Gasteiger partial charge >= 0.3 is 0 Å². The molecule has 0 N–H and O–H groups in total. The summed E-state index contributed by atoms with van der Waals surface area (Å²) in [6, 6.07) is 8.71. The van der Waals surface area contributed by atoms with Gasteiger partial charge in [-0.1, -0.05) is 24.3 Å². The molecule has 150 valence electrons. The van der Waals surface area contributed by atoms with Crippen LogP contribution in [0, 0.1) is 6.92 Å². The molecule has 0 aromatic heterocycles. The molecular formula is C24H30O4. The Morgan fingerprint density at radius 2 is 1.82 bits per heavy atom. The molecule has 1 aliphatic heterocycles. The molecule has 0 spiro atoms. The van der Waals surface area contributed by atoms with E-state index in [-0.39, 0.29) is 0 Å². The van der Waals surface area contributed by atoms with Gasteiger partial charge in [0, 0.05) is 18.6 Å². The van der Waals surface area contributed by atoms with Gasteiger partial charge in [-0.15, -0.1) is 0 Å². The lowest BCUT2D eigenvalue weighted by atomic mass is 9.91. The summed E-state index contributed by atoms with van der Waals surface area (Å²) in [6.45, 7) is 9.83. The van der Waals surface area contributed by atoms with E-state index in [1.165, 1.54) is 33.4 Å². The van der Waals surface area contributed by atoms with Gasteiger partial charge in [-0.3, -0.25) is 0 Å². The highest BCUT2D eigenvalue weighted by Gasteiger charge is 2.30. The van der Waals surface area contributed by atoms with E-state index < -0.39 is 0 Å². The number of ether oxygens (including phenoxy) is 4. The minimum atomic E-state index is 0.327.